The van der Waals surface area contributed by atoms with E-state index in [9.17, 15) is 14.9 Å². The van der Waals surface area contributed by atoms with E-state index >= 15 is 0 Å². The number of aryl methyl sites for hydroxylation is 1. The fourth-order valence-corrected chi connectivity index (χ4v) is 2.69. The summed E-state index contributed by atoms with van der Waals surface area (Å²) in [6.07, 6.45) is 4.98. The van der Waals surface area contributed by atoms with Crippen LogP contribution < -0.4 is 10.1 Å². The summed E-state index contributed by atoms with van der Waals surface area (Å²) in [6.45, 7) is 3.63. The number of carbonyl (C=O) groups is 1. The molecule has 1 atom stereocenters. The summed E-state index contributed by atoms with van der Waals surface area (Å²) in [5.41, 5.74) is 3.02. The average Bonchev–Trinajstić information content (AvgIpc) is 2.61. The molecule has 0 fully saturated rings. The zero-order valence-corrected chi connectivity index (χ0v) is 14.4. The van der Waals surface area contributed by atoms with Gasteiger partial charge in [0.2, 0.25) is 5.91 Å². The minimum atomic E-state index is -0.465. The Hall–Kier alpha value is -3.41. The first-order chi connectivity index (χ1) is 12.4. The Balaban J connectivity index is 1.72. The first-order valence-corrected chi connectivity index (χ1v) is 8.15. The van der Waals surface area contributed by atoms with Crippen LogP contribution in [0.5, 0.6) is 5.75 Å². The van der Waals surface area contributed by atoms with Crippen molar-refractivity contribution in [1.82, 2.24) is 0 Å². The summed E-state index contributed by atoms with van der Waals surface area (Å²) in [4.78, 5) is 22.5. The number of nitro groups is 1. The molecule has 1 N–H and O–H groups in total. The Bertz CT molecular complexity index is 931. The van der Waals surface area contributed by atoms with E-state index in [1.807, 2.05) is 37.3 Å². The number of nitrogens with zero attached hydrogens (tertiary/aromatic N) is 1. The lowest BCUT2D eigenvalue weighted by Gasteiger charge is -2.22. The molecule has 0 bridgehead atoms. The van der Waals surface area contributed by atoms with E-state index in [0.29, 0.717) is 11.3 Å². The molecule has 1 heterocycles. The highest BCUT2D eigenvalue weighted by atomic mass is 16.6. The van der Waals surface area contributed by atoms with Crippen molar-refractivity contribution in [3.05, 3.63) is 81.4 Å². The van der Waals surface area contributed by atoms with Crippen molar-refractivity contribution < 1.29 is 14.5 Å². The number of ether oxygens (including phenoxy) is 1. The van der Waals surface area contributed by atoms with Crippen LogP contribution in [-0.2, 0) is 4.79 Å². The molecule has 0 aliphatic carbocycles. The lowest BCUT2D eigenvalue weighted by molar-refractivity contribution is -0.384. The highest BCUT2D eigenvalue weighted by Gasteiger charge is 2.16. The van der Waals surface area contributed by atoms with Crippen LogP contribution in [0.4, 0.5) is 11.4 Å². The number of carbonyl (C=O) groups excluding carboxylic acids is 1. The number of fused-ring (bicyclic) bond motifs is 1. The molecule has 1 unspecified atom stereocenters. The number of amides is 1. The van der Waals surface area contributed by atoms with Crippen LogP contribution in [0.1, 0.15) is 18.1 Å². The van der Waals surface area contributed by atoms with E-state index in [-0.39, 0.29) is 17.7 Å². The molecule has 1 amide bonds. The molecule has 6 nitrogen and oxygen atoms in total. The van der Waals surface area contributed by atoms with Gasteiger partial charge in [-0.2, -0.15) is 0 Å². The van der Waals surface area contributed by atoms with Crippen molar-refractivity contribution in [2.75, 3.05) is 5.32 Å². The monoisotopic (exact) mass is 350 g/mol. The van der Waals surface area contributed by atoms with E-state index in [1.54, 1.807) is 13.0 Å². The molecule has 3 rings (SSSR count). The van der Waals surface area contributed by atoms with Gasteiger partial charge >= 0.3 is 0 Å². The number of anilines is 1. The highest BCUT2D eigenvalue weighted by Crippen LogP contribution is 2.29. The van der Waals surface area contributed by atoms with Crippen LogP contribution in [0.2, 0.25) is 0 Å². The quantitative estimate of drug-likeness (QED) is 0.507. The van der Waals surface area contributed by atoms with E-state index in [1.165, 1.54) is 24.3 Å². The fourth-order valence-electron chi connectivity index (χ4n) is 2.69. The van der Waals surface area contributed by atoms with Crippen LogP contribution in [0, 0.1) is 17.0 Å². The number of non-ortho nitro benzene ring substituents is 1. The van der Waals surface area contributed by atoms with Gasteiger partial charge in [-0.15, -0.1) is 0 Å². The molecule has 0 spiro atoms. The van der Waals surface area contributed by atoms with Gasteiger partial charge < -0.3 is 10.1 Å². The zero-order chi connectivity index (χ0) is 18.7. The first kappa shape index (κ1) is 17.4. The van der Waals surface area contributed by atoms with Gasteiger partial charge in [0.05, 0.1) is 4.92 Å². The second-order valence-electron chi connectivity index (χ2n) is 6.02. The van der Waals surface area contributed by atoms with Gasteiger partial charge in [0, 0.05) is 29.5 Å². The smallest absolute Gasteiger partial charge is 0.269 e. The lowest BCUT2D eigenvalue weighted by atomic mass is 10.0. The van der Waals surface area contributed by atoms with Gasteiger partial charge in [0.25, 0.3) is 5.69 Å². The van der Waals surface area contributed by atoms with Gasteiger partial charge in [-0.1, -0.05) is 18.2 Å². The Kier molecular flexibility index (Phi) is 4.84. The van der Waals surface area contributed by atoms with Gasteiger partial charge in [-0.25, -0.2) is 0 Å². The van der Waals surface area contributed by atoms with Crippen molar-refractivity contribution in [2.24, 2.45) is 0 Å². The number of benzene rings is 2. The molecule has 0 saturated carbocycles. The van der Waals surface area contributed by atoms with Crippen molar-refractivity contribution in [2.45, 2.75) is 20.0 Å². The molecule has 2 aromatic rings. The van der Waals surface area contributed by atoms with Crippen molar-refractivity contribution in [3.8, 4) is 5.75 Å². The predicted molar refractivity (Wildman–Crippen MR) is 100 cm³/mol. The van der Waals surface area contributed by atoms with Crippen molar-refractivity contribution in [3.63, 3.8) is 0 Å². The first-order valence-electron chi connectivity index (χ1n) is 8.15. The van der Waals surface area contributed by atoms with E-state index in [4.69, 9.17) is 4.74 Å². The Morgan fingerprint density at radius 1 is 1.27 bits per heavy atom. The standard InChI is InChI=1S/C20H18N2O4/c1-13-11-17(22(24)25)8-9-18(13)21-20(23)10-7-15-12-16-5-3-4-6-19(16)26-14(15)2/h3-12,14H,1-2H3,(H,21,23)/b10-7+. The number of hydrogen-bond acceptors (Lipinski definition) is 4. The van der Waals surface area contributed by atoms with Gasteiger partial charge in [0.15, 0.2) is 0 Å². The Morgan fingerprint density at radius 2 is 2.04 bits per heavy atom. The third kappa shape index (κ3) is 3.80. The molecule has 0 aromatic heterocycles. The topological polar surface area (TPSA) is 81.5 Å². The van der Waals surface area contributed by atoms with Crippen LogP contribution in [-0.4, -0.2) is 16.9 Å². The zero-order valence-electron chi connectivity index (χ0n) is 14.4. The van der Waals surface area contributed by atoms with Crippen LogP contribution in [0.3, 0.4) is 0 Å². The summed E-state index contributed by atoms with van der Waals surface area (Å²) in [6, 6.07) is 12.0. The van der Waals surface area contributed by atoms with E-state index in [0.717, 1.165) is 16.9 Å². The Morgan fingerprint density at radius 3 is 2.77 bits per heavy atom. The third-order valence-corrected chi connectivity index (χ3v) is 4.12. The van der Waals surface area contributed by atoms with Crippen molar-refractivity contribution >= 4 is 23.4 Å². The van der Waals surface area contributed by atoms with Gasteiger partial charge in [0.1, 0.15) is 11.9 Å². The molecule has 1 aliphatic heterocycles. The summed E-state index contributed by atoms with van der Waals surface area (Å²) < 4.78 is 5.83. The SMILES string of the molecule is Cc1cc([N+](=O)[O-])ccc1NC(=O)/C=C/C1=Cc2ccccc2OC1C. The molecule has 0 radical (unpaired) electrons. The van der Waals surface area contributed by atoms with Crippen LogP contribution >= 0.6 is 0 Å². The molecular weight excluding hydrogens is 332 g/mol. The second-order valence-corrected chi connectivity index (χ2v) is 6.02. The summed E-state index contributed by atoms with van der Waals surface area (Å²) in [5, 5.41) is 13.5. The largest absolute Gasteiger partial charge is 0.485 e. The second kappa shape index (κ2) is 7.23. The maximum atomic E-state index is 12.2. The lowest BCUT2D eigenvalue weighted by Crippen LogP contribution is -2.18. The maximum Gasteiger partial charge on any atom is 0.269 e. The molecule has 1 aliphatic rings. The molecule has 132 valence electrons. The average molecular weight is 350 g/mol. The number of hydrogen-bond donors (Lipinski definition) is 1. The van der Waals surface area contributed by atoms with E-state index < -0.39 is 4.92 Å². The number of para-hydroxylation sites is 1. The Labute approximate surface area is 151 Å². The molecule has 0 saturated heterocycles. The molecule has 26 heavy (non-hydrogen) atoms. The van der Waals surface area contributed by atoms with Gasteiger partial charge in [-0.05, 0) is 49.3 Å². The number of nitrogens with one attached hydrogen (secondary N) is 1. The fraction of sp³-hybridized carbons (Fsp3) is 0.150. The minimum Gasteiger partial charge on any atom is -0.485 e. The normalized spacial score (nSPS) is 15.8. The maximum absolute atomic E-state index is 12.2. The van der Waals surface area contributed by atoms with Gasteiger partial charge in [-0.3, -0.25) is 14.9 Å². The van der Waals surface area contributed by atoms with E-state index in [2.05, 4.69) is 5.32 Å². The summed E-state index contributed by atoms with van der Waals surface area (Å²) in [5.74, 6) is 0.511. The molecule has 6 heteroatoms. The predicted octanol–water partition coefficient (Wildman–Crippen LogP) is 4.26. The van der Waals surface area contributed by atoms with Crippen molar-refractivity contribution in [1.29, 1.82) is 0 Å². The third-order valence-electron chi connectivity index (χ3n) is 4.12. The molecule has 2 aromatic carbocycles. The summed E-state index contributed by atoms with van der Waals surface area (Å²) >= 11 is 0. The summed E-state index contributed by atoms with van der Waals surface area (Å²) in [7, 11) is 0. The number of rotatable bonds is 4. The minimum absolute atomic E-state index is 0.00644. The molecular formula is C20H18N2O4. The van der Waals surface area contributed by atoms with Crippen LogP contribution in [0.25, 0.3) is 6.08 Å². The van der Waals surface area contributed by atoms with Crippen LogP contribution in [0.15, 0.2) is 60.2 Å². The number of nitro benzene ring substituents is 1. The highest BCUT2D eigenvalue weighted by molar-refractivity contribution is 6.00.